The van der Waals surface area contributed by atoms with Gasteiger partial charge in [0.1, 0.15) is 0 Å². The Hall–Kier alpha value is -0.830. The Morgan fingerprint density at radius 1 is 0.818 bits per heavy atom. The third-order valence-corrected chi connectivity index (χ3v) is 4.05. The summed E-state index contributed by atoms with van der Waals surface area (Å²) in [5.41, 5.74) is 0. The topological polar surface area (TPSA) is 46.3 Å². The van der Waals surface area contributed by atoms with Gasteiger partial charge in [0.25, 0.3) is 0 Å². The Bertz CT molecular complexity index is 275. The number of allylic oxidation sites excluding steroid dienone is 2. The number of nitrogens with two attached hydrogens (primary N) is 1. The minimum absolute atomic E-state index is 0.0395. The molecule has 130 valence electrons. The van der Waals surface area contributed by atoms with Crippen molar-refractivity contribution < 1.29 is 4.79 Å². The molecule has 0 saturated carbocycles. The van der Waals surface area contributed by atoms with Crippen molar-refractivity contribution in [2.45, 2.75) is 96.8 Å². The predicted molar refractivity (Wildman–Crippen MR) is 96.4 cm³/mol. The van der Waals surface area contributed by atoms with Crippen molar-refractivity contribution in [3.8, 4) is 0 Å². The molecule has 1 amide bonds. The number of unbranched alkanes of at least 4 members (excludes halogenated alkanes) is 11. The van der Waals surface area contributed by atoms with Crippen LogP contribution in [0.2, 0.25) is 0 Å². The molecule has 0 aliphatic heterocycles. The van der Waals surface area contributed by atoms with Gasteiger partial charge in [-0.2, -0.15) is 0 Å². The van der Waals surface area contributed by atoms with E-state index in [-0.39, 0.29) is 5.91 Å². The third kappa shape index (κ3) is 15.6. The Morgan fingerprint density at radius 2 is 1.27 bits per heavy atom. The Balaban J connectivity index is 3.16. The van der Waals surface area contributed by atoms with E-state index in [4.69, 9.17) is 5.84 Å². The van der Waals surface area contributed by atoms with Gasteiger partial charge in [-0.3, -0.25) is 9.80 Å². The zero-order valence-corrected chi connectivity index (χ0v) is 15.0. The molecular formula is C19H38N2O. The zero-order chi connectivity index (χ0) is 16.5. The summed E-state index contributed by atoms with van der Waals surface area (Å²) < 4.78 is 0. The molecule has 0 bridgehead atoms. The fourth-order valence-corrected chi connectivity index (χ4v) is 2.52. The molecule has 0 unspecified atom stereocenters. The van der Waals surface area contributed by atoms with Crippen LogP contribution in [-0.4, -0.2) is 18.0 Å². The summed E-state index contributed by atoms with van der Waals surface area (Å²) in [6, 6.07) is 0. The van der Waals surface area contributed by atoms with Crippen molar-refractivity contribution in [1.82, 2.24) is 5.01 Å². The van der Waals surface area contributed by atoms with Crippen LogP contribution >= 0.6 is 0 Å². The smallest absolute Gasteiger partial charge is 0.236 e. The minimum atomic E-state index is 0.0395. The van der Waals surface area contributed by atoms with Crippen LogP contribution in [0.1, 0.15) is 96.8 Å². The number of carbonyl (C=O) groups is 1. The number of hydrazine groups is 1. The first-order valence-corrected chi connectivity index (χ1v) is 9.34. The summed E-state index contributed by atoms with van der Waals surface area (Å²) in [6.07, 6.45) is 21.9. The maximum atomic E-state index is 11.3. The molecule has 3 nitrogen and oxygen atoms in total. The number of rotatable bonds is 15. The van der Waals surface area contributed by atoms with Gasteiger partial charge in [0.2, 0.25) is 5.91 Å². The van der Waals surface area contributed by atoms with Gasteiger partial charge in [-0.15, -0.1) is 0 Å². The maximum Gasteiger partial charge on any atom is 0.236 e. The summed E-state index contributed by atoms with van der Waals surface area (Å²) in [7, 11) is 1.61. The van der Waals surface area contributed by atoms with Crippen molar-refractivity contribution in [2.24, 2.45) is 5.84 Å². The SMILES string of the molecule is CCCCCCCC/C=C\CCCCCCCC(=O)N(C)N. The first-order chi connectivity index (χ1) is 10.7. The number of nitrogens with zero attached hydrogens (tertiary/aromatic N) is 1. The molecule has 0 aromatic heterocycles. The zero-order valence-electron chi connectivity index (χ0n) is 15.0. The lowest BCUT2D eigenvalue weighted by atomic mass is 10.1. The summed E-state index contributed by atoms with van der Waals surface area (Å²) in [4.78, 5) is 11.3. The van der Waals surface area contributed by atoms with Crippen LogP contribution in [0, 0.1) is 0 Å². The van der Waals surface area contributed by atoms with Gasteiger partial charge < -0.3 is 0 Å². The second-order valence-corrected chi connectivity index (χ2v) is 6.34. The van der Waals surface area contributed by atoms with Gasteiger partial charge in [-0.25, -0.2) is 5.84 Å². The molecule has 0 aromatic carbocycles. The van der Waals surface area contributed by atoms with Crippen LogP contribution in [0.25, 0.3) is 0 Å². The molecule has 0 aromatic rings. The largest absolute Gasteiger partial charge is 0.284 e. The highest BCUT2D eigenvalue weighted by Gasteiger charge is 2.02. The third-order valence-electron chi connectivity index (χ3n) is 4.05. The van der Waals surface area contributed by atoms with Gasteiger partial charge in [0, 0.05) is 13.5 Å². The Morgan fingerprint density at radius 3 is 1.77 bits per heavy atom. The van der Waals surface area contributed by atoms with E-state index < -0.39 is 0 Å². The predicted octanol–water partition coefficient (Wildman–Crippen LogP) is 5.36. The van der Waals surface area contributed by atoms with Gasteiger partial charge in [-0.05, 0) is 32.1 Å². The van der Waals surface area contributed by atoms with E-state index in [1.165, 1.54) is 75.6 Å². The molecule has 0 fully saturated rings. The normalized spacial score (nSPS) is 11.2. The molecule has 0 heterocycles. The van der Waals surface area contributed by atoms with E-state index in [0.29, 0.717) is 6.42 Å². The molecule has 0 saturated heterocycles. The van der Waals surface area contributed by atoms with Crippen LogP contribution in [0.5, 0.6) is 0 Å². The van der Waals surface area contributed by atoms with E-state index in [2.05, 4.69) is 19.1 Å². The number of carbonyl (C=O) groups excluding carboxylic acids is 1. The van der Waals surface area contributed by atoms with Crippen molar-refractivity contribution in [3.05, 3.63) is 12.2 Å². The second-order valence-electron chi connectivity index (χ2n) is 6.34. The molecule has 0 rings (SSSR count). The van der Waals surface area contributed by atoms with Crippen LogP contribution in [-0.2, 0) is 4.79 Å². The molecule has 0 spiro atoms. The average Bonchev–Trinajstić information content (AvgIpc) is 2.50. The molecule has 2 N–H and O–H groups in total. The van der Waals surface area contributed by atoms with E-state index in [1.54, 1.807) is 7.05 Å². The number of hydrogen-bond acceptors (Lipinski definition) is 2. The van der Waals surface area contributed by atoms with Gasteiger partial charge in [0.05, 0.1) is 0 Å². The fraction of sp³-hybridized carbons (Fsp3) is 0.842. The van der Waals surface area contributed by atoms with E-state index >= 15 is 0 Å². The quantitative estimate of drug-likeness (QED) is 0.146. The first kappa shape index (κ1) is 21.2. The van der Waals surface area contributed by atoms with Crippen molar-refractivity contribution in [2.75, 3.05) is 7.05 Å². The Kier molecular flexibility index (Phi) is 15.9. The van der Waals surface area contributed by atoms with E-state index in [9.17, 15) is 4.79 Å². The molecule has 0 aliphatic rings. The van der Waals surface area contributed by atoms with E-state index in [0.717, 1.165) is 12.8 Å². The monoisotopic (exact) mass is 310 g/mol. The summed E-state index contributed by atoms with van der Waals surface area (Å²) >= 11 is 0. The molecule has 0 aliphatic carbocycles. The van der Waals surface area contributed by atoms with Crippen LogP contribution in [0.3, 0.4) is 0 Å². The standard InChI is InChI=1S/C19H38N2O/c1-3-4-5-6-7-8-9-10-11-12-13-14-15-16-17-18-19(22)21(2)20/h10-11H,3-9,12-18,20H2,1-2H3/b11-10-. The minimum Gasteiger partial charge on any atom is -0.284 e. The lowest BCUT2D eigenvalue weighted by Crippen LogP contribution is -2.32. The van der Waals surface area contributed by atoms with Crippen molar-refractivity contribution in [1.29, 1.82) is 0 Å². The summed E-state index contributed by atoms with van der Waals surface area (Å²) in [6.45, 7) is 2.26. The molecular weight excluding hydrogens is 272 g/mol. The maximum absolute atomic E-state index is 11.3. The van der Waals surface area contributed by atoms with E-state index in [1.807, 2.05) is 0 Å². The first-order valence-electron chi connectivity index (χ1n) is 9.34. The summed E-state index contributed by atoms with van der Waals surface area (Å²) in [5.74, 6) is 5.41. The Labute approximate surface area is 138 Å². The second kappa shape index (κ2) is 16.5. The summed E-state index contributed by atoms with van der Waals surface area (Å²) in [5, 5.41) is 1.19. The molecule has 0 atom stereocenters. The van der Waals surface area contributed by atoms with Crippen LogP contribution < -0.4 is 5.84 Å². The highest BCUT2D eigenvalue weighted by Crippen LogP contribution is 2.10. The number of amides is 1. The fourth-order valence-electron chi connectivity index (χ4n) is 2.52. The van der Waals surface area contributed by atoms with Crippen molar-refractivity contribution in [3.63, 3.8) is 0 Å². The van der Waals surface area contributed by atoms with Gasteiger partial charge in [0.15, 0.2) is 0 Å². The van der Waals surface area contributed by atoms with Crippen LogP contribution in [0.15, 0.2) is 12.2 Å². The average molecular weight is 311 g/mol. The highest BCUT2D eigenvalue weighted by atomic mass is 16.2. The van der Waals surface area contributed by atoms with Gasteiger partial charge >= 0.3 is 0 Å². The molecule has 22 heavy (non-hydrogen) atoms. The van der Waals surface area contributed by atoms with Crippen LogP contribution in [0.4, 0.5) is 0 Å². The highest BCUT2D eigenvalue weighted by molar-refractivity contribution is 5.75. The molecule has 3 heteroatoms. The molecule has 0 radical (unpaired) electrons. The van der Waals surface area contributed by atoms with Gasteiger partial charge in [-0.1, -0.05) is 70.4 Å². The lowest BCUT2D eigenvalue weighted by Gasteiger charge is -2.08. The number of hydrogen-bond donors (Lipinski definition) is 1. The van der Waals surface area contributed by atoms with Crippen molar-refractivity contribution >= 4 is 5.91 Å². The lowest BCUT2D eigenvalue weighted by molar-refractivity contribution is -0.130.